The maximum Gasteiger partial charge on any atom is 0.320 e. The lowest BCUT2D eigenvalue weighted by atomic mass is 9.95. The molecular weight excluding hydrogens is 285 g/mol. The van der Waals surface area contributed by atoms with E-state index in [0.717, 1.165) is 0 Å². The van der Waals surface area contributed by atoms with Gasteiger partial charge >= 0.3 is 6.03 Å². The van der Waals surface area contributed by atoms with Crippen molar-refractivity contribution in [2.24, 2.45) is 0 Å². The molecule has 6 heteroatoms. The second-order valence-electron chi connectivity index (χ2n) is 4.10. The first-order valence-corrected chi connectivity index (χ1v) is 6.67. The zero-order valence-electron chi connectivity index (χ0n) is 10.8. The summed E-state index contributed by atoms with van der Waals surface area (Å²) in [5, 5.41) is 15.3. The second-order valence-corrected chi connectivity index (χ2v) is 4.95. The molecule has 0 aliphatic carbocycles. The van der Waals surface area contributed by atoms with Crippen LogP contribution in [0.1, 0.15) is 26.7 Å². The summed E-state index contributed by atoms with van der Waals surface area (Å²) in [6.45, 7) is 3.69. The van der Waals surface area contributed by atoms with Crippen LogP contribution in [0.5, 0.6) is 0 Å². The molecule has 0 aliphatic rings. The second kappa shape index (κ2) is 6.65. The van der Waals surface area contributed by atoms with Crippen molar-refractivity contribution >= 4 is 34.9 Å². The van der Waals surface area contributed by atoms with Crippen LogP contribution in [0.25, 0.3) is 0 Å². The minimum absolute atomic E-state index is 0.384. The molecule has 1 aromatic rings. The average Bonchev–Trinajstić information content (AvgIpc) is 2.40. The Hall–Kier alpha value is -1.44. The quantitative estimate of drug-likeness (QED) is 0.875. The van der Waals surface area contributed by atoms with Crippen LogP contribution >= 0.6 is 23.2 Å². The number of hydrogen-bond donors (Lipinski definition) is 2. The van der Waals surface area contributed by atoms with E-state index in [1.807, 2.05) is 13.8 Å². The Morgan fingerprint density at radius 1 is 1.37 bits per heavy atom. The molecule has 0 saturated carbocycles. The molecule has 19 heavy (non-hydrogen) atoms. The molecule has 0 fully saturated rings. The van der Waals surface area contributed by atoms with Crippen LogP contribution in [0.3, 0.4) is 0 Å². The van der Waals surface area contributed by atoms with E-state index >= 15 is 0 Å². The van der Waals surface area contributed by atoms with E-state index in [0.29, 0.717) is 28.6 Å². The van der Waals surface area contributed by atoms with Gasteiger partial charge in [0.15, 0.2) is 0 Å². The van der Waals surface area contributed by atoms with Crippen molar-refractivity contribution in [1.82, 2.24) is 5.32 Å². The number of rotatable bonds is 4. The van der Waals surface area contributed by atoms with Crippen molar-refractivity contribution in [3.05, 3.63) is 28.2 Å². The standard InChI is InChI=1S/C13H15Cl2N3O/c1-3-13(4-2,8-16)18-12(19)17-11-7-9(14)5-6-10(11)15/h5-7H,3-4H2,1-2H3,(H2,17,18,19). The first-order chi connectivity index (χ1) is 8.96. The molecule has 0 aliphatic heterocycles. The summed E-state index contributed by atoms with van der Waals surface area (Å²) in [6, 6.07) is 6.42. The van der Waals surface area contributed by atoms with Gasteiger partial charge in [-0.3, -0.25) is 0 Å². The van der Waals surface area contributed by atoms with Crippen LogP contribution in [-0.4, -0.2) is 11.6 Å². The Morgan fingerprint density at radius 3 is 2.53 bits per heavy atom. The lowest BCUT2D eigenvalue weighted by Crippen LogP contribution is -2.48. The normalized spacial score (nSPS) is 10.7. The van der Waals surface area contributed by atoms with Gasteiger partial charge in [-0.2, -0.15) is 5.26 Å². The maximum atomic E-state index is 11.9. The summed E-state index contributed by atoms with van der Waals surface area (Å²) in [6.07, 6.45) is 1.05. The third-order valence-corrected chi connectivity index (χ3v) is 3.52. The van der Waals surface area contributed by atoms with Crippen molar-refractivity contribution in [2.45, 2.75) is 32.2 Å². The summed E-state index contributed by atoms with van der Waals surface area (Å²) >= 11 is 11.8. The Bertz CT molecular complexity index is 507. The number of nitrogens with zero attached hydrogens (tertiary/aromatic N) is 1. The number of benzene rings is 1. The van der Waals surface area contributed by atoms with E-state index < -0.39 is 11.6 Å². The number of carbonyl (C=O) groups is 1. The van der Waals surface area contributed by atoms with E-state index in [9.17, 15) is 4.79 Å². The molecule has 0 spiro atoms. The third-order valence-electron chi connectivity index (χ3n) is 2.95. The minimum atomic E-state index is -0.866. The molecule has 0 aromatic heterocycles. The number of nitrogens with one attached hydrogen (secondary N) is 2. The molecule has 0 heterocycles. The highest BCUT2D eigenvalue weighted by molar-refractivity contribution is 6.35. The lowest BCUT2D eigenvalue weighted by Gasteiger charge is -2.25. The van der Waals surface area contributed by atoms with Crippen molar-refractivity contribution in [1.29, 1.82) is 5.26 Å². The first kappa shape index (κ1) is 15.6. The molecule has 0 unspecified atom stereocenters. The lowest BCUT2D eigenvalue weighted by molar-refractivity contribution is 0.242. The number of hydrogen-bond acceptors (Lipinski definition) is 2. The fraction of sp³-hybridized carbons (Fsp3) is 0.385. The van der Waals surface area contributed by atoms with Crippen molar-refractivity contribution in [3.63, 3.8) is 0 Å². The molecule has 2 N–H and O–H groups in total. The highest BCUT2D eigenvalue weighted by Crippen LogP contribution is 2.25. The summed E-state index contributed by atoms with van der Waals surface area (Å²) in [5.74, 6) is 0. The van der Waals surface area contributed by atoms with Crippen molar-refractivity contribution in [3.8, 4) is 6.07 Å². The molecular formula is C13H15Cl2N3O. The Kier molecular flexibility index (Phi) is 5.46. The van der Waals surface area contributed by atoms with Crippen molar-refractivity contribution in [2.75, 3.05) is 5.32 Å². The van der Waals surface area contributed by atoms with Gasteiger partial charge in [-0.15, -0.1) is 0 Å². The van der Waals surface area contributed by atoms with Crippen LogP contribution in [0.15, 0.2) is 18.2 Å². The third kappa shape index (κ3) is 4.02. The van der Waals surface area contributed by atoms with Crippen LogP contribution in [-0.2, 0) is 0 Å². The number of urea groups is 1. The van der Waals surface area contributed by atoms with Gasteiger partial charge in [0.1, 0.15) is 5.54 Å². The highest BCUT2D eigenvalue weighted by Gasteiger charge is 2.27. The number of halogens is 2. The Balaban J connectivity index is 2.81. The molecule has 1 aromatic carbocycles. The number of anilines is 1. The van der Waals surface area contributed by atoms with Crippen LogP contribution in [0, 0.1) is 11.3 Å². The molecule has 102 valence electrons. The van der Waals surface area contributed by atoms with Gasteiger partial charge in [0, 0.05) is 5.02 Å². The molecule has 2 amide bonds. The summed E-state index contributed by atoms with van der Waals surface area (Å²) in [7, 11) is 0. The fourth-order valence-corrected chi connectivity index (χ4v) is 1.91. The predicted octanol–water partition coefficient (Wildman–Crippen LogP) is 4.20. The van der Waals surface area contributed by atoms with E-state index in [4.69, 9.17) is 28.5 Å². The SMILES string of the molecule is CCC(C#N)(CC)NC(=O)Nc1cc(Cl)ccc1Cl. The molecule has 4 nitrogen and oxygen atoms in total. The van der Waals surface area contributed by atoms with E-state index in [2.05, 4.69) is 16.7 Å². The molecule has 0 bridgehead atoms. The monoisotopic (exact) mass is 299 g/mol. The number of amides is 2. The van der Waals surface area contributed by atoms with Gasteiger partial charge in [0.05, 0.1) is 16.8 Å². The van der Waals surface area contributed by atoms with Gasteiger partial charge in [-0.05, 0) is 31.0 Å². The Labute approximate surface area is 122 Å². The number of nitriles is 1. The molecule has 0 atom stereocenters. The zero-order valence-corrected chi connectivity index (χ0v) is 12.3. The zero-order chi connectivity index (χ0) is 14.5. The van der Waals surface area contributed by atoms with Crippen LogP contribution in [0.4, 0.5) is 10.5 Å². The Morgan fingerprint density at radius 2 is 2.00 bits per heavy atom. The molecule has 0 saturated heterocycles. The van der Waals surface area contributed by atoms with E-state index in [-0.39, 0.29) is 0 Å². The van der Waals surface area contributed by atoms with Gasteiger partial charge in [-0.1, -0.05) is 37.0 Å². The maximum absolute atomic E-state index is 11.9. The summed E-state index contributed by atoms with van der Waals surface area (Å²) in [4.78, 5) is 11.9. The van der Waals surface area contributed by atoms with E-state index in [1.165, 1.54) is 0 Å². The van der Waals surface area contributed by atoms with Crippen molar-refractivity contribution < 1.29 is 4.79 Å². The van der Waals surface area contributed by atoms with Crippen LogP contribution in [0.2, 0.25) is 10.0 Å². The average molecular weight is 300 g/mol. The fourth-order valence-electron chi connectivity index (χ4n) is 1.58. The molecule has 1 rings (SSSR count). The summed E-state index contributed by atoms with van der Waals surface area (Å²) in [5.41, 5.74) is -0.458. The molecule has 0 radical (unpaired) electrons. The smallest absolute Gasteiger partial charge is 0.319 e. The number of carbonyl (C=O) groups excluding carboxylic acids is 1. The summed E-state index contributed by atoms with van der Waals surface area (Å²) < 4.78 is 0. The highest BCUT2D eigenvalue weighted by atomic mass is 35.5. The van der Waals surface area contributed by atoms with Gasteiger partial charge in [0.2, 0.25) is 0 Å². The van der Waals surface area contributed by atoms with Gasteiger partial charge in [-0.25, -0.2) is 4.79 Å². The minimum Gasteiger partial charge on any atom is -0.319 e. The van der Waals surface area contributed by atoms with E-state index in [1.54, 1.807) is 18.2 Å². The van der Waals surface area contributed by atoms with Crippen LogP contribution < -0.4 is 10.6 Å². The largest absolute Gasteiger partial charge is 0.320 e. The van der Waals surface area contributed by atoms with Gasteiger partial charge < -0.3 is 10.6 Å². The topological polar surface area (TPSA) is 64.9 Å². The van der Waals surface area contributed by atoms with Gasteiger partial charge in [0.25, 0.3) is 0 Å². The predicted molar refractivity (Wildman–Crippen MR) is 77.5 cm³/mol. The first-order valence-electron chi connectivity index (χ1n) is 5.92.